The lowest BCUT2D eigenvalue weighted by Crippen LogP contribution is -2.00. The van der Waals surface area contributed by atoms with Gasteiger partial charge in [0.2, 0.25) is 0 Å². The summed E-state index contributed by atoms with van der Waals surface area (Å²) in [6.07, 6.45) is 0.754. The van der Waals surface area contributed by atoms with E-state index >= 15 is 0 Å². The zero-order valence-electron chi connectivity index (χ0n) is 10.7. The van der Waals surface area contributed by atoms with Gasteiger partial charge in [-0.05, 0) is 61.7 Å². The summed E-state index contributed by atoms with van der Waals surface area (Å²) >= 11 is 6.70. The summed E-state index contributed by atoms with van der Waals surface area (Å²) in [6, 6.07) is 9.79. The number of carbonyl (C=O) groups excluding carboxylic acids is 1. The average molecular weight is 414 g/mol. The quantitative estimate of drug-likeness (QED) is 0.742. The molecule has 1 N–H and O–H groups in total. The maximum atomic E-state index is 10.8. The third-order valence-electron chi connectivity index (χ3n) is 2.74. The van der Waals surface area contributed by atoms with Crippen LogP contribution in [0.2, 0.25) is 0 Å². The first-order chi connectivity index (χ1) is 10.0. The number of aldehydes is 1. The molecular weight excluding hydrogens is 404 g/mol. The van der Waals surface area contributed by atoms with Crippen molar-refractivity contribution in [3.63, 3.8) is 0 Å². The largest absolute Gasteiger partial charge is 0.487 e. The summed E-state index contributed by atoms with van der Waals surface area (Å²) in [7, 11) is 0. The molecule has 0 bridgehead atoms. The highest BCUT2D eigenvalue weighted by Gasteiger charge is 2.09. The zero-order valence-corrected chi connectivity index (χ0v) is 13.8. The Labute approximate surface area is 138 Å². The molecule has 0 atom stereocenters. The zero-order chi connectivity index (χ0) is 15.4. The van der Waals surface area contributed by atoms with Crippen molar-refractivity contribution in [2.75, 3.05) is 0 Å². The van der Waals surface area contributed by atoms with Crippen molar-refractivity contribution in [1.29, 1.82) is 0 Å². The minimum Gasteiger partial charge on any atom is -0.487 e. The van der Waals surface area contributed by atoms with Gasteiger partial charge in [-0.3, -0.25) is 4.79 Å². The highest BCUT2D eigenvalue weighted by molar-refractivity contribution is 9.11. The first-order valence-electron chi connectivity index (χ1n) is 5.90. The van der Waals surface area contributed by atoms with Crippen LogP contribution < -0.4 is 4.74 Å². The molecule has 0 aliphatic heterocycles. The molecule has 0 aliphatic carbocycles. The first kappa shape index (κ1) is 15.7. The van der Waals surface area contributed by atoms with Crippen molar-refractivity contribution in [3.05, 3.63) is 62.0 Å². The van der Waals surface area contributed by atoms with Gasteiger partial charge in [0, 0.05) is 5.56 Å². The highest BCUT2D eigenvalue weighted by atomic mass is 79.9. The Hall–Kier alpha value is -1.66. The molecule has 2 rings (SSSR count). The lowest BCUT2D eigenvalue weighted by Gasteiger charge is -2.11. The predicted octanol–water partition coefficient (Wildman–Crippen LogP) is 4.30. The van der Waals surface area contributed by atoms with Gasteiger partial charge in [-0.25, -0.2) is 4.79 Å². The molecule has 0 saturated carbocycles. The van der Waals surface area contributed by atoms with Gasteiger partial charge in [0.25, 0.3) is 0 Å². The van der Waals surface area contributed by atoms with Crippen molar-refractivity contribution >= 4 is 44.1 Å². The number of benzene rings is 2. The van der Waals surface area contributed by atoms with Crippen LogP contribution >= 0.6 is 31.9 Å². The van der Waals surface area contributed by atoms with Crippen molar-refractivity contribution in [1.82, 2.24) is 0 Å². The summed E-state index contributed by atoms with van der Waals surface area (Å²) in [6.45, 7) is 0.289. The van der Waals surface area contributed by atoms with Crippen molar-refractivity contribution in [3.8, 4) is 5.75 Å². The van der Waals surface area contributed by atoms with E-state index in [1.807, 2.05) is 0 Å². The molecule has 0 fully saturated rings. The fourth-order valence-corrected chi connectivity index (χ4v) is 3.14. The summed E-state index contributed by atoms with van der Waals surface area (Å²) in [4.78, 5) is 21.5. The van der Waals surface area contributed by atoms with E-state index in [1.54, 1.807) is 24.3 Å². The molecule has 0 saturated heterocycles. The Morgan fingerprint density at radius 3 is 2.19 bits per heavy atom. The van der Waals surface area contributed by atoms with Crippen LogP contribution in [0.5, 0.6) is 5.75 Å². The number of aromatic carboxylic acids is 1. The van der Waals surface area contributed by atoms with Crippen LogP contribution in [-0.4, -0.2) is 17.4 Å². The van der Waals surface area contributed by atoms with Crippen LogP contribution in [0.1, 0.15) is 26.3 Å². The minimum absolute atomic E-state index is 0.233. The van der Waals surface area contributed by atoms with Crippen LogP contribution in [0.25, 0.3) is 0 Å². The Kier molecular flexibility index (Phi) is 5.14. The molecule has 4 nitrogen and oxygen atoms in total. The van der Waals surface area contributed by atoms with E-state index in [2.05, 4.69) is 31.9 Å². The van der Waals surface area contributed by atoms with E-state index in [-0.39, 0.29) is 12.2 Å². The number of carbonyl (C=O) groups is 2. The number of hydrogen-bond donors (Lipinski definition) is 1. The minimum atomic E-state index is -0.961. The smallest absolute Gasteiger partial charge is 0.335 e. The summed E-state index contributed by atoms with van der Waals surface area (Å²) in [5.41, 5.74) is 1.61. The van der Waals surface area contributed by atoms with Crippen molar-refractivity contribution < 1.29 is 19.4 Å². The Bertz CT molecular complexity index is 658. The molecule has 0 heterocycles. The van der Waals surface area contributed by atoms with Crippen LogP contribution in [-0.2, 0) is 6.61 Å². The van der Waals surface area contributed by atoms with Gasteiger partial charge in [0.1, 0.15) is 18.6 Å². The van der Waals surface area contributed by atoms with Crippen molar-refractivity contribution in [2.24, 2.45) is 0 Å². The SMILES string of the molecule is O=Cc1cc(Br)c(OCc2ccc(C(=O)O)cc2)c(Br)c1. The van der Waals surface area contributed by atoms with E-state index in [4.69, 9.17) is 9.84 Å². The average Bonchev–Trinajstić information content (AvgIpc) is 2.46. The second-order valence-corrected chi connectivity index (χ2v) is 5.93. The molecule has 0 aliphatic rings. The molecular formula is C15H10Br2O4. The number of rotatable bonds is 5. The van der Waals surface area contributed by atoms with Gasteiger partial charge in [0.05, 0.1) is 14.5 Å². The lowest BCUT2D eigenvalue weighted by molar-refractivity contribution is 0.0696. The van der Waals surface area contributed by atoms with Gasteiger partial charge in [-0.2, -0.15) is 0 Å². The normalized spacial score (nSPS) is 10.2. The molecule has 0 radical (unpaired) electrons. The third kappa shape index (κ3) is 3.92. The topological polar surface area (TPSA) is 63.6 Å². The molecule has 108 valence electrons. The molecule has 2 aromatic carbocycles. The molecule has 0 amide bonds. The van der Waals surface area contributed by atoms with Crippen LogP contribution in [0.3, 0.4) is 0 Å². The predicted molar refractivity (Wildman–Crippen MR) is 85.0 cm³/mol. The molecule has 21 heavy (non-hydrogen) atoms. The van der Waals surface area contributed by atoms with Crippen LogP contribution in [0.4, 0.5) is 0 Å². The summed E-state index contributed by atoms with van der Waals surface area (Å²) in [5.74, 6) is -0.375. The molecule has 0 aromatic heterocycles. The monoisotopic (exact) mass is 412 g/mol. The molecule has 2 aromatic rings. The van der Waals surface area contributed by atoms with Gasteiger partial charge in [-0.1, -0.05) is 12.1 Å². The number of carboxylic acids is 1. The van der Waals surface area contributed by atoms with Gasteiger partial charge < -0.3 is 9.84 Å². The standard InChI is InChI=1S/C15H10Br2O4/c16-12-5-10(7-18)6-13(17)14(12)21-8-9-1-3-11(4-2-9)15(19)20/h1-7H,8H2,(H,19,20). The number of hydrogen-bond acceptors (Lipinski definition) is 3. The number of ether oxygens (including phenoxy) is 1. The fourth-order valence-electron chi connectivity index (χ4n) is 1.68. The van der Waals surface area contributed by atoms with Gasteiger partial charge in [0.15, 0.2) is 0 Å². The Balaban J connectivity index is 2.13. The highest BCUT2D eigenvalue weighted by Crippen LogP contribution is 2.34. The van der Waals surface area contributed by atoms with Gasteiger partial charge in [-0.15, -0.1) is 0 Å². The van der Waals surface area contributed by atoms with E-state index < -0.39 is 5.97 Å². The van der Waals surface area contributed by atoms with Crippen molar-refractivity contribution in [2.45, 2.75) is 6.61 Å². The third-order valence-corrected chi connectivity index (χ3v) is 3.92. The van der Waals surface area contributed by atoms with E-state index in [1.165, 1.54) is 12.1 Å². The lowest BCUT2D eigenvalue weighted by atomic mass is 10.1. The van der Waals surface area contributed by atoms with E-state index in [0.29, 0.717) is 20.3 Å². The van der Waals surface area contributed by atoms with Crippen LogP contribution in [0.15, 0.2) is 45.3 Å². The summed E-state index contributed by atoms with van der Waals surface area (Å²) in [5, 5.41) is 8.83. The Morgan fingerprint density at radius 1 is 1.14 bits per heavy atom. The number of carboxylic acid groups (broad SMARTS) is 1. The second kappa shape index (κ2) is 6.87. The number of halogens is 2. The molecule has 0 spiro atoms. The maximum absolute atomic E-state index is 10.8. The first-order valence-corrected chi connectivity index (χ1v) is 7.49. The van der Waals surface area contributed by atoms with E-state index in [9.17, 15) is 9.59 Å². The maximum Gasteiger partial charge on any atom is 0.335 e. The Morgan fingerprint density at radius 2 is 1.71 bits per heavy atom. The fraction of sp³-hybridized carbons (Fsp3) is 0.0667. The van der Waals surface area contributed by atoms with E-state index in [0.717, 1.165) is 11.8 Å². The second-order valence-electron chi connectivity index (χ2n) is 4.22. The molecule has 6 heteroatoms. The molecule has 0 unspecified atom stereocenters. The summed E-state index contributed by atoms with van der Waals surface area (Å²) < 4.78 is 7.03. The van der Waals surface area contributed by atoms with Crippen LogP contribution in [0, 0.1) is 0 Å². The van der Waals surface area contributed by atoms with Gasteiger partial charge >= 0.3 is 5.97 Å².